The van der Waals surface area contributed by atoms with Crippen LogP contribution in [0.1, 0.15) is 37.9 Å². The second kappa shape index (κ2) is 10.3. The maximum Gasteiger partial charge on any atom is 0.247 e. The van der Waals surface area contributed by atoms with Gasteiger partial charge in [0.05, 0.1) is 6.61 Å². The monoisotopic (exact) mass is 451 g/mol. The van der Waals surface area contributed by atoms with E-state index < -0.39 is 17.5 Å². The highest BCUT2D eigenvalue weighted by atomic mass is 16.3. The first-order chi connectivity index (χ1) is 15.7. The van der Waals surface area contributed by atoms with Gasteiger partial charge in [0, 0.05) is 30.0 Å². The number of benzene rings is 1. The van der Waals surface area contributed by atoms with E-state index in [1.807, 2.05) is 52.0 Å². The van der Waals surface area contributed by atoms with Gasteiger partial charge in [0.15, 0.2) is 0 Å². The fraction of sp³-hybridized carbons (Fsp3) is 0.391. The number of aryl methyl sites for hydroxylation is 1. The zero-order valence-electron chi connectivity index (χ0n) is 19.3. The Balaban J connectivity index is 1.86. The molecule has 2 aromatic heterocycles. The third-order valence-corrected chi connectivity index (χ3v) is 4.78. The first-order valence-corrected chi connectivity index (χ1v) is 10.6. The molecule has 0 aliphatic heterocycles. The van der Waals surface area contributed by atoms with Crippen LogP contribution >= 0.6 is 0 Å². The van der Waals surface area contributed by atoms with Gasteiger partial charge in [-0.15, -0.1) is 10.2 Å². The van der Waals surface area contributed by atoms with Crippen molar-refractivity contribution in [3.05, 3.63) is 59.9 Å². The molecule has 3 rings (SSSR count). The van der Waals surface area contributed by atoms with Crippen molar-refractivity contribution < 1.29 is 14.7 Å². The molecule has 10 heteroatoms. The number of pyridine rings is 1. The lowest BCUT2D eigenvalue weighted by atomic mass is 10.0. The maximum absolute atomic E-state index is 13.3. The summed E-state index contributed by atoms with van der Waals surface area (Å²) in [5.74, 6) is -0.391. The van der Waals surface area contributed by atoms with Crippen LogP contribution in [-0.4, -0.2) is 65.7 Å². The summed E-state index contributed by atoms with van der Waals surface area (Å²) in [6, 6.07) is 10.0. The van der Waals surface area contributed by atoms with E-state index in [9.17, 15) is 14.7 Å². The quantitative estimate of drug-likeness (QED) is 0.532. The zero-order valence-corrected chi connectivity index (χ0v) is 19.3. The van der Waals surface area contributed by atoms with Gasteiger partial charge in [0.25, 0.3) is 0 Å². The highest BCUT2D eigenvalue weighted by molar-refractivity contribution is 5.89. The van der Waals surface area contributed by atoms with Crippen molar-refractivity contribution in [2.75, 3.05) is 13.2 Å². The fourth-order valence-electron chi connectivity index (χ4n) is 3.30. The van der Waals surface area contributed by atoms with E-state index in [-0.39, 0.29) is 25.6 Å². The number of carbonyl (C=O) groups excluding carboxylic acids is 2. The van der Waals surface area contributed by atoms with Crippen LogP contribution in [0.5, 0.6) is 0 Å². The van der Waals surface area contributed by atoms with Crippen LogP contribution in [0, 0.1) is 6.92 Å². The molecule has 0 radical (unpaired) electrons. The van der Waals surface area contributed by atoms with Crippen molar-refractivity contribution in [3.63, 3.8) is 0 Å². The summed E-state index contributed by atoms with van der Waals surface area (Å²) in [4.78, 5) is 33.0. The van der Waals surface area contributed by atoms with Crippen molar-refractivity contribution in [1.82, 2.24) is 35.4 Å². The Kier molecular flexibility index (Phi) is 7.49. The van der Waals surface area contributed by atoms with Gasteiger partial charge < -0.3 is 15.3 Å². The molecular formula is C23H29N7O3. The molecule has 174 valence electrons. The average molecular weight is 452 g/mol. The maximum atomic E-state index is 13.3. The summed E-state index contributed by atoms with van der Waals surface area (Å²) in [5.41, 5.74) is 1.97. The molecule has 1 aromatic carbocycles. The lowest BCUT2D eigenvalue weighted by molar-refractivity contribution is -0.142. The molecule has 1 atom stereocenters. The summed E-state index contributed by atoms with van der Waals surface area (Å²) < 4.78 is 0. The average Bonchev–Trinajstić information content (AvgIpc) is 3.22. The number of rotatable bonds is 8. The van der Waals surface area contributed by atoms with Gasteiger partial charge in [-0.3, -0.25) is 14.6 Å². The van der Waals surface area contributed by atoms with E-state index in [1.54, 1.807) is 24.5 Å². The Labute approximate surface area is 192 Å². The zero-order chi connectivity index (χ0) is 24.0. The van der Waals surface area contributed by atoms with Crippen molar-refractivity contribution in [2.45, 2.75) is 45.8 Å². The molecule has 33 heavy (non-hydrogen) atoms. The van der Waals surface area contributed by atoms with E-state index in [0.29, 0.717) is 11.4 Å². The third kappa shape index (κ3) is 6.42. The fourth-order valence-corrected chi connectivity index (χ4v) is 3.30. The molecule has 2 N–H and O–H groups in total. The molecular weight excluding hydrogens is 422 g/mol. The Bertz CT molecular complexity index is 1080. The Morgan fingerprint density at radius 2 is 1.79 bits per heavy atom. The van der Waals surface area contributed by atoms with Gasteiger partial charge in [-0.25, -0.2) is 0 Å². The molecule has 0 aliphatic carbocycles. The van der Waals surface area contributed by atoms with Crippen LogP contribution in [-0.2, 0) is 16.1 Å². The summed E-state index contributed by atoms with van der Waals surface area (Å²) in [7, 11) is 0. The molecule has 0 saturated heterocycles. The molecule has 2 amide bonds. The standard InChI is InChI=1S/C23H29N7O3/c1-16-5-7-18(8-6-16)21-26-28-30(27-21)15-19(32)29(13-14-31)20(17-9-11-24-12-10-17)22(33)25-23(2,3)4/h5-12,20,31H,13-15H2,1-4H3,(H,25,33)/t20-/m0/s1. The van der Waals surface area contributed by atoms with E-state index in [4.69, 9.17) is 0 Å². The molecule has 0 fully saturated rings. The number of nitrogens with zero attached hydrogens (tertiary/aromatic N) is 6. The van der Waals surface area contributed by atoms with Crippen molar-refractivity contribution in [2.24, 2.45) is 0 Å². The van der Waals surface area contributed by atoms with Crippen LogP contribution in [0.2, 0.25) is 0 Å². The number of nitrogens with one attached hydrogen (secondary N) is 1. The molecule has 10 nitrogen and oxygen atoms in total. The number of aliphatic hydroxyl groups excluding tert-OH is 1. The summed E-state index contributed by atoms with van der Waals surface area (Å²) in [6.07, 6.45) is 3.11. The number of hydrogen-bond donors (Lipinski definition) is 2. The normalized spacial score (nSPS) is 12.3. The minimum Gasteiger partial charge on any atom is -0.395 e. The summed E-state index contributed by atoms with van der Waals surface area (Å²) in [6.45, 7) is 6.98. The second-order valence-electron chi connectivity index (χ2n) is 8.74. The topological polar surface area (TPSA) is 126 Å². The molecule has 0 aliphatic rings. The molecule has 3 aromatic rings. The minimum atomic E-state index is -0.952. The minimum absolute atomic E-state index is 0.0388. The Morgan fingerprint density at radius 3 is 2.39 bits per heavy atom. The van der Waals surface area contributed by atoms with E-state index in [0.717, 1.165) is 11.1 Å². The second-order valence-corrected chi connectivity index (χ2v) is 8.74. The largest absolute Gasteiger partial charge is 0.395 e. The SMILES string of the molecule is Cc1ccc(-c2nnn(CC(=O)N(CCO)[C@H](C(=O)NC(C)(C)C)c3ccncc3)n2)cc1. The van der Waals surface area contributed by atoms with Gasteiger partial charge >= 0.3 is 0 Å². The highest BCUT2D eigenvalue weighted by Gasteiger charge is 2.33. The Hall–Kier alpha value is -3.66. The molecule has 0 unspecified atom stereocenters. The van der Waals surface area contributed by atoms with Crippen LogP contribution in [0.25, 0.3) is 11.4 Å². The number of aliphatic hydroxyl groups is 1. The van der Waals surface area contributed by atoms with Gasteiger partial charge in [-0.05, 0) is 50.6 Å². The van der Waals surface area contributed by atoms with Crippen molar-refractivity contribution in [3.8, 4) is 11.4 Å². The number of tetrazole rings is 1. The summed E-state index contributed by atoms with van der Waals surface area (Å²) in [5, 5.41) is 24.9. The molecule has 0 bridgehead atoms. The Morgan fingerprint density at radius 1 is 1.12 bits per heavy atom. The van der Waals surface area contributed by atoms with E-state index in [1.165, 1.54) is 9.70 Å². The van der Waals surface area contributed by atoms with Gasteiger partial charge in [-0.1, -0.05) is 29.8 Å². The first kappa shape index (κ1) is 24.0. The molecule has 0 spiro atoms. The molecule has 2 heterocycles. The predicted octanol–water partition coefficient (Wildman–Crippen LogP) is 1.52. The predicted molar refractivity (Wildman–Crippen MR) is 122 cm³/mol. The lowest BCUT2D eigenvalue weighted by Gasteiger charge is -2.33. The van der Waals surface area contributed by atoms with Crippen LogP contribution in [0.15, 0.2) is 48.8 Å². The van der Waals surface area contributed by atoms with Crippen molar-refractivity contribution >= 4 is 11.8 Å². The van der Waals surface area contributed by atoms with Crippen LogP contribution in [0.4, 0.5) is 0 Å². The van der Waals surface area contributed by atoms with E-state index >= 15 is 0 Å². The van der Waals surface area contributed by atoms with Crippen LogP contribution < -0.4 is 5.32 Å². The smallest absolute Gasteiger partial charge is 0.247 e. The first-order valence-electron chi connectivity index (χ1n) is 10.6. The third-order valence-electron chi connectivity index (χ3n) is 4.78. The molecule has 0 saturated carbocycles. The van der Waals surface area contributed by atoms with Gasteiger partial charge in [0.1, 0.15) is 12.6 Å². The van der Waals surface area contributed by atoms with E-state index in [2.05, 4.69) is 25.7 Å². The lowest BCUT2D eigenvalue weighted by Crippen LogP contribution is -2.50. The summed E-state index contributed by atoms with van der Waals surface area (Å²) >= 11 is 0. The van der Waals surface area contributed by atoms with Crippen LogP contribution in [0.3, 0.4) is 0 Å². The number of carbonyl (C=O) groups is 2. The number of aromatic nitrogens is 5. The van der Waals surface area contributed by atoms with Crippen molar-refractivity contribution in [1.29, 1.82) is 0 Å². The number of amides is 2. The number of hydrogen-bond acceptors (Lipinski definition) is 7. The van der Waals surface area contributed by atoms with Gasteiger partial charge in [0.2, 0.25) is 17.6 Å². The highest BCUT2D eigenvalue weighted by Crippen LogP contribution is 2.22. The van der Waals surface area contributed by atoms with Gasteiger partial charge in [-0.2, -0.15) is 4.80 Å².